The first-order valence-corrected chi connectivity index (χ1v) is 6.39. The number of nitrogen functional groups attached to an aromatic ring is 1. The number of rotatable bonds is 3. The number of benzene rings is 1. The Bertz CT molecular complexity index is 392. The predicted octanol–water partition coefficient (Wildman–Crippen LogP) is 3.04. The van der Waals surface area contributed by atoms with Gasteiger partial charge in [0.25, 0.3) is 0 Å². The summed E-state index contributed by atoms with van der Waals surface area (Å²) in [6.45, 7) is 4.51. The molecule has 2 rings (SSSR count). The topological polar surface area (TPSA) is 38.5 Å². The van der Waals surface area contributed by atoms with Crippen LogP contribution in [0, 0.1) is 0 Å². The molecule has 0 radical (unpaired) electrons. The van der Waals surface area contributed by atoms with Gasteiger partial charge in [-0.3, -0.25) is 0 Å². The fourth-order valence-electron chi connectivity index (χ4n) is 2.84. The van der Waals surface area contributed by atoms with Crippen LogP contribution in [0.4, 0.5) is 11.4 Å². The van der Waals surface area contributed by atoms with Gasteiger partial charge in [0.2, 0.25) is 0 Å². The molecule has 2 N–H and O–H groups in total. The maximum Gasteiger partial charge on any atom is 0.143 e. The highest BCUT2D eigenvalue weighted by atomic mass is 16.5. The Labute approximate surface area is 104 Å². The molecule has 0 amide bonds. The van der Waals surface area contributed by atoms with Crippen molar-refractivity contribution in [3.05, 3.63) is 18.2 Å². The molecule has 3 heteroatoms. The Hall–Kier alpha value is -1.38. The largest absolute Gasteiger partial charge is 0.495 e. The van der Waals surface area contributed by atoms with E-state index < -0.39 is 0 Å². The zero-order valence-corrected chi connectivity index (χ0v) is 10.9. The summed E-state index contributed by atoms with van der Waals surface area (Å²) in [7, 11) is 1.67. The lowest BCUT2D eigenvalue weighted by Crippen LogP contribution is -2.34. The van der Waals surface area contributed by atoms with Gasteiger partial charge in [0.15, 0.2) is 0 Å². The van der Waals surface area contributed by atoms with Gasteiger partial charge in [0.1, 0.15) is 5.75 Å². The number of ether oxygens (including phenoxy) is 1. The fraction of sp³-hybridized carbons (Fsp3) is 0.571. The Morgan fingerprint density at radius 2 is 2.18 bits per heavy atom. The molecule has 2 atom stereocenters. The van der Waals surface area contributed by atoms with Gasteiger partial charge in [-0.05, 0) is 38.3 Å². The number of anilines is 2. The summed E-state index contributed by atoms with van der Waals surface area (Å²) in [4.78, 5) is 2.46. The van der Waals surface area contributed by atoms with Crippen molar-refractivity contribution in [2.45, 2.75) is 45.2 Å². The number of hydrogen-bond acceptors (Lipinski definition) is 3. The van der Waals surface area contributed by atoms with Crippen LogP contribution in [0.2, 0.25) is 0 Å². The monoisotopic (exact) mass is 234 g/mol. The minimum Gasteiger partial charge on any atom is -0.495 e. The van der Waals surface area contributed by atoms with E-state index in [1.807, 2.05) is 12.1 Å². The Kier molecular flexibility index (Phi) is 3.46. The summed E-state index contributed by atoms with van der Waals surface area (Å²) in [5.41, 5.74) is 8.08. The highest BCUT2D eigenvalue weighted by Crippen LogP contribution is 2.39. The van der Waals surface area contributed by atoms with Crippen molar-refractivity contribution in [2.24, 2.45) is 0 Å². The summed E-state index contributed by atoms with van der Waals surface area (Å²) < 4.78 is 5.30. The molecule has 0 spiro atoms. The molecule has 0 bridgehead atoms. The van der Waals surface area contributed by atoms with Crippen molar-refractivity contribution in [3.63, 3.8) is 0 Å². The molecule has 1 saturated heterocycles. The maximum absolute atomic E-state index is 6.19. The molecule has 1 aromatic carbocycles. The van der Waals surface area contributed by atoms with Gasteiger partial charge < -0.3 is 15.4 Å². The number of nitrogens with two attached hydrogens (primary N) is 1. The second-order valence-electron chi connectivity index (χ2n) is 4.79. The van der Waals surface area contributed by atoms with E-state index in [0.717, 1.165) is 17.1 Å². The molecular weight excluding hydrogens is 212 g/mol. The Morgan fingerprint density at radius 3 is 2.82 bits per heavy atom. The standard InChI is InChI=1S/C14H22N2O/c1-4-11-9-8-10(2)16(11)12-6-5-7-13(17-3)14(12)15/h5-7,10-11H,4,8-9,15H2,1-3H3. The number of hydrogen-bond donors (Lipinski definition) is 1. The zero-order valence-electron chi connectivity index (χ0n) is 10.9. The summed E-state index contributed by atoms with van der Waals surface area (Å²) in [6.07, 6.45) is 3.67. The van der Waals surface area contributed by atoms with E-state index in [0.29, 0.717) is 12.1 Å². The molecule has 1 aromatic rings. The lowest BCUT2D eigenvalue weighted by molar-refractivity contribution is 0.417. The van der Waals surface area contributed by atoms with E-state index in [1.54, 1.807) is 7.11 Å². The quantitative estimate of drug-likeness (QED) is 0.817. The SMILES string of the molecule is CCC1CCC(C)N1c1cccc(OC)c1N. The van der Waals surface area contributed by atoms with Crippen molar-refractivity contribution in [1.29, 1.82) is 0 Å². The van der Waals surface area contributed by atoms with Gasteiger partial charge >= 0.3 is 0 Å². The van der Waals surface area contributed by atoms with Crippen molar-refractivity contribution in [3.8, 4) is 5.75 Å². The molecule has 0 aromatic heterocycles. The van der Waals surface area contributed by atoms with Gasteiger partial charge in [-0.15, -0.1) is 0 Å². The van der Waals surface area contributed by atoms with Crippen LogP contribution in [-0.2, 0) is 0 Å². The highest BCUT2D eigenvalue weighted by molar-refractivity contribution is 5.75. The van der Waals surface area contributed by atoms with E-state index in [9.17, 15) is 0 Å². The average Bonchev–Trinajstić information content (AvgIpc) is 2.71. The average molecular weight is 234 g/mol. The van der Waals surface area contributed by atoms with Crippen LogP contribution >= 0.6 is 0 Å². The lowest BCUT2D eigenvalue weighted by atomic mass is 10.1. The number of methoxy groups -OCH3 is 1. The van der Waals surface area contributed by atoms with Crippen LogP contribution in [-0.4, -0.2) is 19.2 Å². The van der Waals surface area contributed by atoms with Crippen LogP contribution in [0.25, 0.3) is 0 Å². The number of para-hydroxylation sites is 1. The third-order valence-corrected chi connectivity index (χ3v) is 3.80. The Morgan fingerprint density at radius 1 is 1.41 bits per heavy atom. The summed E-state index contributed by atoms with van der Waals surface area (Å²) in [5, 5.41) is 0. The normalized spacial score (nSPS) is 24.1. The Balaban J connectivity index is 2.38. The summed E-state index contributed by atoms with van der Waals surface area (Å²) in [6, 6.07) is 7.21. The summed E-state index contributed by atoms with van der Waals surface area (Å²) in [5.74, 6) is 0.774. The van der Waals surface area contributed by atoms with Crippen LogP contribution < -0.4 is 15.4 Å². The van der Waals surface area contributed by atoms with E-state index in [2.05, 4.69) is 24.8 Å². The molecule has 0 aliphatic carbocycles. The van der Waals surface area contributed by atoms with Gasteiger partial charge in [-0.25, -0.2) is 0 Å². The first kappa shape index (κ1) is 12.1. The molecule has 2 unspecified atom stereocenters. The molecule has 1 aliphatic rings. The second-order valence-corrected chi connectivity index (χ2v) is 4.79. The number of nitrogens with zero attached hydrogens (tertiary/aromatic N) is 1. The van der Waals surface area contributed by atoms with Crippen LogP contribution in [0.3, 0.4) is 0 Å². The minimum absolute atomic E-state index is 0.564. The fourth-order valence-corrected chi connectivity index (χ4v) is 2.84. The molecule has 3 nitrogen and oxygen atoms in total. The maximum atomic E-state index is 6.19. The van der Waals surface area contributed by atoms with E-state index >= 15 is 0 Å². The lowest BCUT2D eigenvalue weighted by Gasteiger charge is -2.31. The third kappa shape index (κ3) is 2.06. The van der Waals surface area contributed by atoms with Gasteiger partial charge in [-0.1, -0.05) is 13.0 Å². The zero-order chi connectivity index (χ0) is 12.4. The minimum atomic E-state index is 0.564. The molecule has 1 aliphatic heterocycles. The molecule has 17 heavy (non-hydrogen) atoms. The second kappa shape index (κ2) is 4.86. The van der Waals surface area contributed by atoms with Crippen molar-refractivity contribution in [1.82, 2.24) is 0 Å². The molecular formula is C14H22N2O. The van der Waals surface area contributed by atoms with Gasteiger partial charge in [0, 0.05) is 12.1 Å². The first-order chi connectivity index (χ1) is 8.19. The van der Waals surface area contributed by atoms with Crippen LogP contribution in [0.5, 0.6) is 5.75 Å². The van der Waals surface area contributed by atoms with Crippen molar-refractivity contribution >= 4 is 11.4 Å². The van der Waals surface area contributed by atoms with E-state index in [4.69, 9.17) is 10.5 Å². The third-order valence-electron chi connectivity index (χ3n) is 3.80. The van der Waals surface area contributed by atoms with Gasteiger partial charge in [0.05, 0.1) is 18.5 Å². The van der Waals surface area contributed by atoms with Crippen LogP contribution in [0.1, 0.15) is 33.1 Å². The first-order valence-electron chi connectivity index (χ1n) is 6.39. The summed E-state index contributed by atoms with van der Waals surface area (Å²) >= 11 is 0. The molecule has 1 fully saturated rings. The van der Waals surface area contributed by atoms with Crippen LogP contribution in [0.15, 0.2) is 18.2 Å². The smallest absolute Gasteiger partial charge is 0.143 e. The van der Waals surface area contributed by atoms with E-state index in [-0.39, 0.29) is 0 Å². The molecule has 0 saturated carbocycles. The molecule has 1 heterocycles. The van der Waals surface area contributed by atoms with Gasteiger partial charge in [-0.2, -0.15) is 0 Å². The predicted molar refractivity (Wildman–Crippen MR) is 72.7 cm³/mol. The molecule has 94 valence electrons. The van der Waals surface area contributed by atoms with Crippen molar-refractivity contribution in [2.75, 3.05) is 17.7 Å². The van der Waals surface area contributed by atoms with Crippen molar-refractivity contribution < 1.29 is 4.74 Å². The van der Waals surface area contributed by atoms with E-state index in [1.165, 1.54) is 19.3 Å². The highest BCUT2D eigenvalue weighted by Gasteiger charge is 2.30.